The summed E-state index contributed by atoms with van der Waals surface area (Å²) in [5.41, 5.74) is 1.96. The van der Waals surface area contributed by atoms with Crippen LogP contribution in [0.4, 0.5) is 5.95 Å². The maximum absolute atomic E-state index is 12.0. The van der Waals surface area contributed by atoms with Gasteiger partial charge in [0, 0.05) is 18.3 Å². The molecular weight excluding hydrogens is 220 g/mol. The fraction of sp³-hybridized carbons (Fsp3) is 0.364. The molecule has 2 aromatic rings. The zero-order valence-corrected chi connectivity index (χ0v) is 10.00. The van der Waals surface area contributed by atoms with Gasteiger partial charge in [0.25, 0.3) is 5.91 Å². The van der Waals surface area contributed by atoms with E-state index >= 15 is 0 Å². The summed E-state index contributed by atoms with van der Waals surface area (Å²) in [4.78, 5) is 19.0. The summed E-state index contributed by atoms with van der Waals surface area (Å²) in [6, 6.07) is 0. The maximum Gasteiger partial charge on any atom is 0.263 e. The van der Waals surface area contributed by atoms with Gasteiger partial charge in [0.05, 0.1) is 5.69 Å². The first-order chi connectivity index (χ1) is 8.11. The van der Waals surface area contributed by atoms with Gasteiger partial charge in [-0.1, -0.05) is 12.1 Å². The summed E-state index contributed by atoms with van der Waals surface area (Å²) in [6.07, 6.45) is 2.28. The van der Waals surface area contributed by atoms with Gasteiger partial charge in [-0.15, -0.1) is 0 Å². The van der Waals surface area contributed by atoms with Crippen molar-refractivity contribution < 1.29 is 9.32 Å². The highest BCUT2D eigenvalue weighted by atomic mass is 16.5. The van der Waals surface area contributed by atoms with Gasteiger partial charge in [0.2, 0.25) is 5.95 Å². The predicted octanol–water partition coefficient (Wildman–Crippen LogP) is 1.83. The van der Waals surface area contributed by atoms with E-state index in [2.05, 4.69) is 20.4 Å². The lowest BCUT2D eigenvalue weighted by molar-refractivity contribution is 0.102. The Labute approximate surface area is 98.4 Å². The van der Waals surface area contributed by atoms with Crippen LogP contribution in [0, 0.1) is 13.8 Å². The van der Waals surface area contributed by atoms with Crippen molar-refractivity contribution in [1.29, 1.82) is 0 Å². The molecule has 0 aliphatic heterocycles. The topological polar surface area (TPSA) is 83.8 Å². The van der Waals surface area contributed by atoms with Crippen molar-refractivity contribution in [3.63, 3.8) is 0 Å². The van der Waals surface area contributed by atoms with Crippen molar-refractivity contribution in [2.24, 2.45) is 0 Å². The van der Waals surface area contributed by atoms with Crippen molar-refractivity contribution in [3.8, 4) is 0 Å². The summed E-state index contributed by atoms with van der Waals surface area (Å²) in [5, 5.41) is 6.46. The van der Waals surface area contributed by atoms with E-state index in [0.717, 1.165) is 5.69 Å². The first-order valence-electron chi connectivity index (χ1n) is 5.40. The first-order valence-corrected chi connectivity index (χ1v) is 5.40. The number of nitrogens with zero attached hydrogens (tertiary/aromatic N) is 2. The van der Waals surface area contributed by atoms with Gasteiger partial charge in [0.15, 0.2) is 0 Å². The number of H-pyrrole nitrogens is 1. The Balaban J connectivity index is 2.22. The second-order valence-electron chi connectivity index (χ2n) is 3.79. The van der Waals surface area contributed by atoms with Crippen molar-refractivity contribution in [2.45, 2.75) is 27.2 Å². The third-order valence-corrected chi connectivity index (χ3v) is 2.42. The van der Waals surface area contributed by atoms with Crippen molar-refractivity contribution in [1.82, 2.24) is 15.1 Å². The van der Waals surface area contributed by atoms with E-state index in [4.69, 9.17) is 4.52 Å². The minimum absolute atomic E-state index is 0.255. The van der Waals surface area contributed by atoms with Gasteiger partial charge < -0.3 is 9.51 Å². The molecule has 0 saturated carbocycles. The molecule has 0 aliphatic carbocycles. The Bertz CT molecular complexity index is 541. The molecule has 0 aromatic carbocycles. The fourth-order valence-electron chi connectivity index (χ4n) is 1.60. The highest BCUT2D eigenvalue weighted by Crippen LogP contribution is 2.15. The Kier molecular flexibility index (Phi) is 2.95. The van der Waals surface area contributed by atoms with Crippen molar-refractivity contribution in [3.05, 3.63) is 28.9 Å². The standard InChI is InChI=1S/C11H14N4O2/c1-4-8-9(7(3)15-17-8)10(16)14-11-12-5-6(2)13-11/h5H,4H2,1-3H3,(H2,12,13,14,16). The molecular formula is C11H14N4O2. The monoisotopic (exact) mass is 234 g/mol. The van der Waals surface area contributed by atoms with E-state index in [9.17, 15) is 4.79 Å². The number of aromatic amines is 1. The van der Waals surface area contributed by atoms with Crippen LogP contribution in [0.2, 0.25) is 0 Å². The highest BCUT2D eigenvalue weighted by Gasteiger charge is 2.19. The maximum atomic E-state index is 12.0. The fourth-order valence-corrected chi connectivity index (χ4v) is 1.60. The highest BCUT2D eigenvalue weighted by molar-refractivity contribution is 6.04. The number of anilines is 1. The number of nitrogens with one attached hydrogen (secondary N) is 2. The Hall–Kier alpha value is -2.11. The number of rotatable bonds is 3. The Morgan fingerprint density at radius 2 is 2.29 bits per heavy atom. The molecule has 0 fully saturated rings. The smallest absolute Gasteiger partial charge is 0.263 e. The average molecular weight is 234 g/mol. The predicted molar refractivity (Wildman–Crippen MR) is 61.9 cm³/mol. The molecule has 6 heteroatoms. The van der Waals surface area contributed by atoms with Gasteiger partial charge in [-0.2, -0.15) is 0 Å². The second-order valence-corrected chi connectivity index (χ2v) is 3.79. The zero-order chi connectivity index (χ0) is 12.4. The van der Waals surface area contributed by atoms with Crippen LogP contribution in [0.25, 0.3) is 0 Å². The number of hydrogen-bond acceptors (Lipinski definition) is 4. The van der Waals surface area contributed by atoms with Crippen LogP contribution in [0.15, 0.2) is 10.7 Å². The Morgan fingerprint density at radius 1 is 1.53 bits per heavy atom. The molecule has 90 valence electrons. The van der Waals surface area contributed by atoms with Crippen molar-refractivity contribution in [2.75, 3.05) is 5.32 Å². The molecule has 0 spiro atoms. The quantitative estimate of drug-likeness (QED) is 0.848. The summed E-state index contributed by atoms with van der Waals surface area (Å²) in [6.45, 7) is 5.52. The van der Waals surface area contributed by atoms with E-state index in [0.29, 0.717) is 29.4 Å². The van der Waals surface area contributed by atoms with E-state index < -0.39 is 0 Å². The summed E-state index contributed by atoms with van der Waals surface area (Å²) in [7, 11) is 0. The minimum Gasteiger partial charge on any atom is -0.360 e. The number of aryl methyl sites for hydroxylation is 3. The molecule has 2 aromatic heterocycles. The molecule has 0 aliphatic rings. The molecule has 6 nitrogen and oxygen atoms in total. The van der Waals surface area contributed by atoms with Gasteiger partial charge in [0.1, 0.15) is 11.3 Å². The number of carbonyl (C=O) groups excluding carboxylic acids is 1. The number of carbonyl (C=O) groups is 1. The van der Waals surface area contributed by atoms with Crippen molar-refractivity contribution >= 4 is 11.9 Å². The van der Waals surface area contributed by atoms with Crippen LogP contribution in [0.3, 0.4) is 0 Å². The molecule has 0 radical (unpaired) electrons. The van der Waals surface area contributed by atoms with E-state index in [1.165, 1.54) is 0 Å². The molecule has 17 heavy (non-hydrogen) atoms. The first kappa shape index (κ1) is 11.4. The molecule has 0 unspecified atom stereocenters. The molecule has 2 heterocycles. The zero-order valence-electron chi connectivity index (χ0n) is 10.00. The van der Waals surface area contributed by atoms with Crippen LogP contribution in [0.1, 0.15) is 34.4 Å². The number of aromatic nitrogens is 3. The lowest BCUT2D eigenvalue weighted by Gasteiger charge is -2.01. The SMILES string of the molecule is CCc1onc(C)c1C(=O)Nc1ncc(C)[nH]1. The van der Waals surface area contributed by atoms with E-state index in [1.54, 1.807) is 13.1 Å². The molecule has 2 N–H and O–H groups in total. The molecule has 0 bridgehead atoms. The van der Waals surface area contributed by atoms with Gasteiger partial charge in [-0.25, -0.2) is 4.98 Å². The molecule has 0 atom stereocenters. The van der Waals surface area contributed by atoms with Gasteiger partial charge in [-0.3, -0.25) is 10.1 Å². The van der Waals surface area contributed by atoms with Gasteiger partial charge >= 0.3 is 0 Å². The summed E-state index contributed by atoms with van der Waals surface area (Å²) >= 11 is 0. The van der Waals surface area contributed by atoms with Crippen LogP contribution in [-0.4, -0.2) is 21.0 Å². The second kappa shape index (κ2) is 4.40. The van der Waals surface area contributed by atoms with Crippen LogP contribution >= 0.6 is 0 Å². The van der Waals surface area contributed by atoms with E-state index in [1.807, 2.05) is 13.8 Å². The lowest BCUT2D eigenvalue weighted by atomic mass is 10.1. The van der Waals surface area contributed by atoms with E-state index in [-0.39, 0.29) is 5.91 Å². The Morgan fingerprint density at radius 3 is 2.88 bits per heavy atom. The molecule has 0 saturated heterocycles. The summed E-state index contributed by atoms with van der Waals surface area (Å²) < 4.78 is 5.07. The molecule has 1 amide bonds. The van der Waals surface area contributed by atoms with Crippen LogP contribution in [0.5, 0.6) is 0 Å². The van der Waals surface area contributed by atoms with Crippen LogP contribution in [-0.2, 0) is 6.42 Å². The third-order valence-electron chi connectivity index (χ3n) is 2.42. The number of imidazole rings is 1. The van der Waals surface area contributed by atoms with Crippen LogP contribution < -0.4 is 5.32 Å². The number of amides is 1. The largest absolute Gasteiger partial charge is 0.360 e. The third kappa shape index (κ3) is 2.20. The average Bonchev–Trinajstić information content (AvgIpc) is 2.84. The minimum atomic E-state index is -0.255. The van der Waals surface area contributed by atoms with Gasteiger partial charge in [-0.05, 0) is 13.8 Å². The lowest BCUT2D eigenvalue weighted by Crippen LogP contribution is -2.15. The molecule has 2 rings (SSSR count). The number of hydrogen-bond donors (Lipinski definition) is 2. The normalized spacial score (nSPS) is 10.5. The summed E-state index contributed by atoms with van der Waals surface area (Å²) in [5.74, 6) is 0.758.